The van der Waals surface area contributed by atoms with E-state index in [1.54, 1.807) is 24.1 Å². The Labute approximate surface area is 160 Å². The number of methoxy groups -OCH3 is 1. The summed E-state index contributed by atoms with van der Waals surface area (Å²) in [6.45, 7) is 4.74. The molecule has 6 nitrogen and oxygen atoms in total. The molecule has 144 valence electrons. The number of ether oxygens (including phenoxy) is 1. The number of benzene rings is 2. The van der Waals surface area contributed by atoms with Gasteiger partial charge in [0.2, 0.25) is 11.8 Å². The van der Waals surface area contributed by atoms with Crippen LogP contribution in [0.2, 0.25) is 0 Å². The van der Waals surface area contributed by atoms with E-state index < -0.39 is 0 Å². The minimum absolute atomic E-state index is 0.0835. The van der Waals surface area contributed by atoms with E-state index >= 15 is 0 Å². The van der Waals surface area contributed by atoms with Crippen LogP contribution in [0.5, 0.6) is 5.75 Å². The molecule has 0 saturated heterocycles. The average molecular weight is 369 g/mol. The molecule has 0 saturated carbocycles. The summed E-state index contributed by atoms with van der Waals surface area (Å²) in [5.74, 6) is 0.298. The topological polar surface area (TPSA) is 70.7 Å². The van der Waals surface area contributed by atoms with Crippen molar-refractivity contribution in [1.82, 2.24) is 10.2 Å². The molecule has 0 spiro atoms. The number of likely N-dealkylation sites (N-methyl/N-ethyl adjacent to an activating group) is 1. The molecule has 2 amide bonds. The Morgan fingerprint density at radius 2 is 1.63 bits per heavy atom. The monoisotopic (exact) mass is 369 g/mol. The van der Waals surface area contributed by atoms with Gasteiger partial charge in [-0.05, 0) is 31.2 Å². The number of amides is 2. The highest BCUT2D eigenvalue weighted by Crippen LogP contribution is 2.22. The molecule has 0 aromatic heterocycles. The van der Waals surface area contributed by atoms with E-state index in [4.69, 9.17) is 4.74 Å². The molecular formula is C21H27N3O3. The van der Waals surface area contributed by atoms with Crippen LogP contribution >= 0.6 is 0 Å². The van der Waals surface area contributed by atoms with Gasteiger partial charge >= 0.3 is 0 Å². The lowest BCUT2D eigenvalue weighted by atomic mass is 10.1. The van der Waals surface area contributed by atoms with Crippen molar-refractivity contribution < 1.29 is 14.3 Å². The van der Waals surface area contributed by atoms with E-state index in [0.29, 0.717) is 18.0 Å². The zero-order chi connectivity index (χ0) is 19.6. The zero-order valence-corrected chi connectivity index (χ0v) is 16.1. The summed E-state index contributed by atoms with van der Waals surface area (Å²) >= 11 is 0. The standard InChI is InChI=1S/C21H27N3O3/c1-4-24(14-20(25)22-16(2)17-10-6-5-7-11-17)15-21(26)23-18-12-8-9-13-19(18)27-3/h5-13,16H,4,14-15H2,1-3H3,(H,22,25)(H,23,26)/t16-/m0/s1. The van der Waals surface area contributed by atoms with Crippen LogP contribution in [-0.2, 0) is 9.59 Å². The molecule has 27 heavy (non-hydrogen) atoms. The van der Waals surface area contributed by atoms with Crippen LogP contribution in [0.4, 0.5) is 5.69 Å². The Bertz CT molecular complexity index is 749. The van der Waals surface area contributed by atoms with E-state index in [-0.39, 0.29) is 30.9 Å². The highest BCUT2D eigenvalue weighted by molar-refractivity contribution is 5.94. The second-order valence-corrected chi connectivity index (χ2v) is 6.25. The fraction of sp³-hybridized carbons (Fsp3) is 0.333. The molecular weight excluding hydrogens is 342 g/mol. The summed E-state index contributed by atoms with van der Waals surface area (Å²) in [5, 5.41) is 5.80. The third-order valence-electron chi connectivity index (χ3n) is 4.24. The summed E-state index contributed by atoms with van der Waals surface area (Å²) in [6.07, 6.45) is 0. The van der Waals surface area contributed by atoms with Crippen molar-refractivity contribution in [2.45, 2.75) is 19.9 Å². The van der Waals surface area contributed by atoms with E-state index in [0.717, 1.165) is 5.56 Å². The van der Waals surface area contributed by atoms with Gasteiger partial charge in [0, 0.05) is 0 Å². The van der Waals surface area contributed by atoms with Gasteiger partial charge in [-0.3, -0.25) is 14.5 Å². The molecule has 2 rings (SSSR count). The molecule has 1 atom stereocenters. The van der Waals surface area contributed by atoms with Gasteiger partial charge in [-0.2, -0.15) is 0 Å². The fourth-order valence-corrected chi connectivity index (χ4v) is 2.74. The second-order valence-electron chi connectivity index (χ2n) is 6.25. The van der Waals surface area contributed by atoms with Crippen LogP contribution in [0.25, 0.3) is 0 Å². The highest BCUT2D eigenvalue weighted by atomic mass is 16.5. The van der Waals surface area contributed by atoms with Crippen LogP contribution in [0.15, 0.2) is 54.6 Å². The van der Waals surface area contributed by atoms with Gasteiger partial charge < -0.3 is 15.4 Å². The van der Waals surface area contributed by atoms with Crippen molar-refractivity contribution in [3.05, 3.63) is 60.2 Å². The van der Waals surface area contributed by atoms with Crippen molar-refractivity contribution >= 4 is 17.5 Å². The lowest BCUT2D eigenvalue weighted by Crippen LogP contribution is -2.41. The molecule has 0 heterocycles. The molecule has 0 aliphatic carbocycles. The molecule has 0 aliphatic rings. The average Bonchev–Trinajstić information content (AvgIpc) is 2.68. The number of rotatable bonds is 9. The van der Waals surface area contributed by atoms with E-state index in [1.165, 1.54) is 0 Å². The van der Waals surface area contributed by atoms with E-state index in [1.807, 2.05) is 56.3 Å². The molecule has 0 fully saturated rings. The largest absolute Gasteiger partial charge is 0.495 e. The molecule has 0 radical (unpaired) electrons. The van der Waals surface area contributed by atoms with E-state index in [2.05, 4.69) is 10.6 Å². The van der Waals surface area contributed by atoms with Crippen molar-refractivity contribution in [1.29, 1.82) is 0 Å². The first kappa shape index (κ1) is 20.5. The normalized spacial score (nSPS) is 11.7. The third kappa shape index (κ3) is 6.42. The number of nitrogens with one attached hydrogen (secondary N) is 2. The molecule has 0 unspecified atom stereocenters. The minimum Gasteiger partial charge on any atom is -0.495 e. The van der Waals surface area contributed by atoms with Crippen molar-refractivity contribution in [2.75, 3.05) is 32.1 Å². The fourth-order valence-electron chi connectivity index (χ4n) is 2.74. The number of para-hydroxylation sites is 2. The second kappa shape index (κ2) is 10.3. The van der Waals surface area contributed by atoms with E-state index in [9.17, 15) is 9.59 Å². The van der Waals surface area contributed by atoms with Crippen molar-refractivity contribution in [3.8, 4) is 5.75 Å². The Balaban J connectivity index is 1.87. The number of carbonyl (C=O) groups is 2. The first-order valence-electron chi connectivity index (χ1n) is 9.03. The quantitative estimate of drug-likeness (QED) is 0.713. The third-order valence-corrected chi connectivity index (χ3v) is 4.24. The number of carbonyl (C=O) groups excluding carboxylic acids is 2. The molecule has 0 bridgehead atoms. The van der Waals surface area contributed by atoms with Crippen LogP contribution in [0.3, 0.4) is 0 Å². The summed E-state index contributed by atoms with van der Waals surface area (Å²) in [4.78, 5) is 26.5. The summed E-state index contributed by atoms with van der Waals surface area (Å²) in [6, 6.07) is 16.9. The molecule has 0 aliphatic heterocycles. The van der Waals surface area contributed by atoms with Gasteiger partial charge in [0.25, 0.3) is 0 Å². The number of anilines is 1. The first-order valence-corrected chi connectivity index (χ1v) is 9.03. The number of hydrogen-bond donors (Lipinski definition) is 2. The van der Waals surface area contributed by atoms with Gasteiger partial charge in [-0.25, -0.2) is 0 Å². The SMILES string of the molecule is CCN(CC(=O)Nc1ccccc1OC)CC(=O)N[C@@H](C)c1ccccc1. The minimum atomic E-state index is -0.190. The molecule has 2 aromatic rings. The van der Waals surface area contributed by atoms with Gasteiger partial charge in [0.1, 0.15) is 5.75 Å². The maximum absolute atomic E-state index is 12.3. The lowest BCUT2D eigenvalue weighted by molar-refractivity contribution is -0.123. The maximum atomic E-state index is 12.3. The lowest BCUT2D eigenvalue weighted by Gasteiger charge is -2.21. The van der Waals surface area contributed by atoms with Crippen LogP contribution in [0.1, 0.15) is 25.5 Å². The summed E-state index contributed by atoms with van der Waals surface area (Å²) < 4.78 is 5.24. The van der Waals surface area contributed by atoms with Gasteiger partial charge in [-0.1, -0.05) is 49.4 Å². The van der Waals surface area contributed by atoms with Gasteiger partial charge in [-0.15, -0.1) is 0 Å². The highest BCUT2D eigenvalue weighted by Gasteiger charge is 2.16. The van der Waals surface area contributed by atoms with Crippen LogP contribution in [0, 0.1) is 0 Å². The van der Waals surface area contributed by atoms with Crippen molar-refractivity contribution in [2.24, 2.45) is 0 Å². The summed E-state index contributed by atoms with van der Waals surface area (Å²) in [5.41, 5.74) is 1.66. The first-order chi connectivity index (χ1) is 13.0. The van der Waals surface area contributed by atoms with Crippen LogP contribution in [-0.4, -0.2) is 43.5 Å². The number of nitrogens with zero attached hydrogens (tertiary/aromatic N) is 1. The molecule has 6 heteroatoms. The molecule has 2 aromatic carbocycles. The Hall–Kier alpha value is -2.86. The van der Waals surface area contributed by atoms with Crippen LogP contribution < -0.4 is 15.4 Å². The van der Waals surface area contributed by atoms with Gasteiger partial charge in [0.05, 0.1) is 31.9 Å². The Kier molecular flexibility index (Phi) is 7.82. The molecule has 2 N–H and O–H groups in total. The predicted molar refractivity (Wildman–Crippen MR) is 107 cm³/mol. The Morgan fingerprint density at radius 3 is 2.30 bits per heavy atom. The smallest absolute Gasteiger partial charge is 0.238 e. The van der Waals surface area contributed by atoms with Gasteiger partial charge in [0.15, 0.2) is 0 Å². The predicted octanol–water partition coefficient (Wildman–Crippen LogP) is 2.83. The van der Waals surface area contributed by atoms with Crippen molar-refractivity contribution in [3.63, 3.8) is 0 Å². The zero-order valence-electron chi connectivity index (χ0n) is 16.1. The Morgan fingerprint density at radius 1 is 1.00 bits per heavy atom. The number of hydrogen-bond acceptors (Lipinski definition) is 4. The maximum Gasteiger partial charge on any atom is 0.238 e. The summed E-state index contributed by atoms with van der Waals surface area (Å²) in [7, 11) is 1.56.